The number of hydrazine groups is 1. The van der Waals surface area contributed by atoms with Gasteiger partial charge in [-0.3, -0.25) is 15.6 Å². The number of nitrogens with one attached hydrogen (secondary N) is 2. The van der Waals surface area contributed by atoms with Crippen LogP contribution in [0.2, 0.25) is 0 Å². The topological polar surface area (TPSA) is 59.6 Å². The van der Waals surface area contributed by atoms with E-state index in [1.807, 2.05) is 18.2 Å². The molecule has 1 aliphatic heterocycles. The Morgan fingerprint density at radius 1 is 1.15 bits per heavy atom. The number of carbonyl (C=O) groups excluding carboxylic acids is 1. The molecule has 5 heteroatoms. The first-order valence-corrected chi connectivity index (χ1v) is 8.87. The summed E-state index contributed by atoms with van der Waals surface area (Å²) in [6, 6.07) is 11.7. The Labute approximate surface area is 153 Å². The van der Waals surface area contributed by atoms with Crippen LogP contribution in [0.15, 0.2) is 42.5 Å². The molecule has 0 saturated carbocycles. The van der Waals surface area contributed by atoms with E-state index in [0.717, 1.165) is 24.1 Å². The molecule has 134 valence electrons. The normalized spacial score (nSPS) is 17.8. The minimum atomic E-state index is -0.680. The van der Waals surface area contributed by atoms with Crippen LogP contribution in [0, 0.1) is 13.8 Å². The lowest BCUT2D eigenvalue weighted by atomic mass is 9.89. The van der Waals surface area contributed by atoms with Gasteiger partial charge in [-0.2, -0.15) is 0 Å². The Bertz CT molecular complexity index is 889. The summed E-state index contributed by atoms with van der Waals surface area (Å²) in [5.74, 6) is 1.00. The van der Waals surface area contributed by atoms with Crippen LogP contribution in [0.3, 0.4) is 0 Å². The van der Waals surface area contributed by atoms with Crippen molar-refractivity contribution in [2.24, 2.45) is 0 Å². The van der Waals surface area contributed by atoms with Crippen molar-refractivity contribution in [3.05, 3.63) is 64.7 Å². The molecule has 0 fully saturated rings. The summed E-state index contributed by atoms with van der Waals surface area (Å²) in [7, 11) is 0. The molecule has 1 heterocycles. The number of allylic oxidation sites excluding steroid dienone is 1. The average molecular weight is 350 g/mol. The molecule has 1 atom stereocenters. The van der Waals surface area contributed by atoms with Gasteiger partial charge in [-0.25, -0.2) is 0 Å². The maximum atomic E-state index is 12.5. The van der Waals surface area contributed by atoms with Crippen molar-refractivity contribution >= 4 is 11.6 Å². The van der Waals surface area contributed by atoms with Crippen LogP contribution in [0.4, 0.5) is 0 Å². The highest BCUT2D eigenvalue weighted by atomic mass is 16.6. The van der Waals surface area contributed by atoms with Crippen LogP contribution in [0.1, 0.15) is 28.7 Å². The fourth-order valence-corrected chi connectivity index (χ4v) is 3.52. The number of fused-ring (bicyclic) bond motifs is 2. The molecule has 4 rings (SSSR count). The molecule has 0 spiro atoms. The third-order valence-corrected chi connectivity index (χ3v) is 4.77. The van der Waals surface area contributed by atoms with Crippen LogP contribution in [-0.2, 0) is 11.2 Å². The lowest BCUT2D eigenvalue weighted by Gasteiger charge is -2.27. The lowest BCUT2D eigenvalue weighted by Crippen LogP contribution is -2.48. The van der Waals surface area contributed by atoms with Crippen LogP contribution in [-0.4, -0.2) is 18.6 Å². The van der Waals surface area contributed by atoms with E-state index >= 15 is 0 Å². The smallest absolute Gasteiger partial charge is 0.282 e. The molecular formula is C21H22N2O3. The first kappa shape index (κ1) is 16.5. The molecule has 2 aliphatic rings. The molecular weight excluding hydrogens is 328 g/mol. The Morgan fingerprint density at radius 2 is 1.96 bits per heavy atom. The Kier molecular flexibility index (Phi) is 4.29. The van der Waals surface area contributed by atoms with Crippen molar-refractivity contribution in [1.29, 1.82) is 0 Å². The molecule has 0 saturated heterocycles. The SMILES string of the molecule is Cc1cc(C)c2c(c1)C(NNC(=O)[C@@H]1COc3ccccc3O1)=CCC2. The predicted octanol–water partition coefficient (Wildman–Crippen LogP) is 3.05. The van der Waals surface area contributed by atoms with Crippen molar-refractivity contribution in [2.75, 3.05) is 6.61 Å². The first-order valence-electron chi connectivity index (χ1n) is 8.87. The number of amides is 1. The highest BCUT2D eigenvalue weighted by molar-refractivity contribution is 5.83. The van der Waals surface area contributed by atoms with Gasteiger partial charge in [0.25, 0.3) is 5.91 Å². The average Bonchev–Trinajstić information content (AvgIpc) is 2.65. The van der Waals surface area contributed by atoms with E-state index < -0.39 is 6.10 Å². The lowest BCUT2D eigenvalue weighted by molar-refractivity contribution is -0.131. The summed E-state index contributed by atoms with van der Waals surface area (Å²) in [4.78, 5) is 12.5. The van der Waals surface area contributed by atoms with E-state index in [4.69, 9.17) is 9.47 Å². The summed E-state index contributed by atoms with van der Waals surface area (Å²) in [6.07, 6.45) is 3.41. The molecule has 0 aromatic heterocycles. The van der Waals surface area contributed by atoms with E-state index in [-0.39, 0.29) is 12.5 Å². The Balaban J connectivity index is 1.44. The third kappa shape index (κ3) is 3.12. The van der Waals surface area contributed by atoms with Gasteiger partial charge in [-0.15, -0.1) is 0 Å². The molecule has 26 heavy (non-hydrogen) atoms. The number of benzene rings is 2. The molecule has 5 nitrogen and oxygen atoms in total. The third-order valence-electron chi connectivity index (χ3n) is 4.77. The molecule has 2 N–H and O–H groups in total. The zero-order valence-electron chi connectivity index (χ0n) is 15.0. The van der Waals surface area contributed by atoms with E-state index in [2.05, 4.69) is 42.9 Å². The second-order valence-corrected chi connectivity index (χ2v) is 6.74. The van der Waals surface area contributed by atoms with Gasteiger partial charge in [-0.05, 0) is 56.0 Å². The zero-order valence-corrected chi connectivity index (χ0v) is 15.0. The quantitative estimate of drug-likeness (QED) is 0.836. The second kappa shape index (κ2) is 6.75. The number of hydrogen-bond acceptors (Lipinski definition) is 4. The molecule has 2 aromatic carbocycles. The standard InChI is InChI=1S/C21H22N2O3/c1-13-10-14(2)15-6-5-7-17(16(15)11-13)22-23-21(24)20-12-25-18-8-3-4-9-19(18)26-20/h3-4,7-11,20,22H,5-6,12H2,1-2H3,(H,23,24)/t20-/m0/s1. The number of carbonyl (C=O) groups is 1. The maximum Gasteiger partial charge on any atom is 0.282 e. The minimum absolute atomic E-state index is 0.193. The van der Waals surface area contributed by atoms with Gasteiger partial charge >= 0.3 is 0 Å². The number of aryl methyl sites for hydroxylation is 2. The number of ether oxygens (including phenoxy) is 2. The first-order chi connectivity index (χ1) is 12.6. The van der Waals surface area contributed by atoms with Crippen LogP contribution in [0.25, 0.3) is 5.70 Å². The monoisotopic (exact) mass is 350 g/mol. The Morgan fingerprint density at radius 3 is 2.81 bits per heavy atom. The van der Waals surface area contributed by atoms with Crippen molar-refractivity contribution < 1.29 is 14.3 Å². The van der Waals surface area contributed by atoms with Gasteiger partial charge in [-0.1, -0.05) is 29.8 Å². The number of para-hydroxylation sites is 2. The highest BCUT2D eigenvalue weighted by Crippen LogP contribution is 2.31. The van der Waals surface area contributed by atoms with Gasteiger partial charge < -0.3 is 9.47 Å². The van der Waals surface area contributed by atoms with Gasteiger partial charge in [0.2, 0.25) is 6.10 Å². The maximum absolute atomic E-state index is 12.5. The number of hydrogen-bond donors (Lipinski definition) is 2. The van der Waals surface area contributed by atoms with Crippen molar-refractivity contribution in [3.8, 4) is 11.5 Å². The van der Waals surface area contributed by atoms with Gasteiger partial charge in [0.15, 0.2) is 11.5 Å². The molecule has 0 bridgehead atoms. The molecule has 2 aromatic rings. The van der Waals surface area contributed by atoms with Gasteiger partial charge in [0.1, 0.15) is 6.61 Å². The Hall–Kier alpha value is -2.95. The molecule has 0 unspecified atom stereocenters. The largest absolute Gasteiger partial charge is 0.485 e. The minimum Gasteiger partial charge on any atom is -0.485 e. The summed E-state index contributed by atoms with van der Waals surface area (Å²) < 4.78 is 11.4. The van der Waals surface area contributed by atoms with Crippen LogP contribution < -0.4 is 20.3 Å². The van der Waals surface area contributed by atoms with E-state index in [1.165, 1.54) is 16.7 Å². The molecule has 1 amide bonds. The number of rotatable bonds is 3. The molecule has 1 aliphatic carbocycles. The van der Waals surface area contributed by atoms with E-state index in [9.17, 15) is 4.79 Å². The zero-order chi connectivity index (χ0) is 18.1. The predicted molar refractivity (Wildman–Crippen MR) is 99.8 cm³/mol. The van der Waals surface area contributed by atoms with Gasteiger partial charge in [0.05, 0.1) is 5.70 Å². The van der Waals surface area contributed by atoms with E-state index in [0.29, 0.717) is 11.5 Å². The molecule has 0 radical (unpaired) electrons. The van der Waals surface area contributed by atoms with Crippen LogP contribution >= 0.6 is 0 Å². The summed E-state index contributed by atoms with van der Waals surface area (Å²) in [6.45, 7) is 4.42. The summed E-state index contributed by atoms with van der Waals surface area (Å²) in [5.41, 5.74) is 11.8. The fraction of sp³-hybridized carbons (Fsp3) is 0.286. The van der Waals surface area contributed by atoms with E-state index in [1.54, 1.807) is 6.07 Å². The van der Waals surface area contributed by atoms with Crippen molar-refractivity contribution in [1.82, 2.24) is 10.9 Å². The summed E-state index contributed by atoms with van der Waals surface area (Å²) in [5, 5.41) is 0. The van der Waals surface area contributed by atoms with Crippen LogP contribution in [0.5, 0.6) is 11.5 Å². The van der Waals surface area contributed by atoms with Crippen molar-refractivity contribution in [3.63, 3.8) is 0 Å². The van der Waals surface area contributed by atoms with Gasteiger partial charge in [0, 0.05) is 5.56 Å². The summed E-state index contributed by atoms with van der Waals surface area (Å²) >= 11 is 0. The van der Waals surface area contributed by atoms with Crippen molar-refractivity contribution in [2.45, 2.75) is 32.8 Å². The second-order valence-electron chi connectivity index (χ2n) is 6.74. The fourth-order valence-electron chi connectivity index (χ4n) is 3.52. The highest BCUT2D eigenvalue weighted by Gasteiger charge is 2.27.